The molecule has 0 saturated carbocycles. The van der Waals surface area contributed by atoms with Crippen LogP contribution in [0.3, 0.4) is 0 Å². The molecule has 192 valence electrons. The highest BCUT2D eigenvalue weighted by Crippen LogP contribution is 2.15. The molecule has 0 bridgehead atoms. The minimum atomic E-state index is -3.90. The van der Waals surface area contributed by atoms with Crippen LogP contribution in [0, 0.1) is 5.82 Å². The lowest BCUT2D eigenvalue weighted by Gasteiger charge is -2.26. The Hall–Kier alpha value is -3.27. The molecule has 3 aromatic rings. The van der Waals surface area contributed by atoms with Crippen LogP contribution in [-0.2, 0) is 32.6 Å². The predicted octanol–water partition coefficient (Wildman–Crippen LogP) is 4.68. The third-order valence-electron chi connectivity index (χ3n) is 5.37. The van der Waals surface area contributed by atoms with Gasteiger partial charge in [-0.15, -0.1) is 0 Å². The maximum Gasteiger partial charge on any atom is 0.238 e. The zero-order chi connectivity index (χ0) is 25.8. The molecule has 0 unspecified atom stereocenters. The van der Waals surface area contributed by atoms with Crippen LogP contribution in [0.5, 0.6) is 0 Å². The van der Waals surface area contributed by atoms with E-state index < -0.39 is 15.9 Å². The monoisotopic (exact) mass is 514 g/mol. The maximum absolute atomic E-state index is 13.4. The molecule has 0 atom stereocenters. The molecule has 0 fully saturated rings. The van der Waals surface area contributed by atoms with Crippen LogP contribution < -0.4 is 0 Å². The summed E-state index contributed by atoms with van der Waals surface area (Å²) in [5.74, 6) is -0.219. The number of furan rings is 1. The van der Waals surface area contributed by atoms with Gasteiger partial charge in [-0.2, -0.15) is 4.31 Å². The van der Waals surface area contributed by atoms with E-state index in [4.69, 9.17) is 9.15 Å². The molecule has 1 amide bonds. The van der Waals surface area contributed by atoms with Crippen molar-refractivity contribution in [3.63, 3.8) is 0 Å². The first-order chi connectivity index (χ1) is 17.4. The molecule has 0 aliphatic rings. The van der Waals surface area contributed by atoms with E-state index in [9.17, 15) is 17.6 Å². The van der Waals surface area contributed by atoms with Crippen LogP contribution >= 0.6 is 0 Å². The largest absolute Gasteiger partial charge is 0.467 e. The molecule has 1 heterocycles. The highest BCUT2D eigenvalue weighted by Gasteiger charge is 2.25. The van der Waals surface area contributed by atoms with Crippen LogP contribution in [0.1, 0.15) is 30.2 Å². The zero-order valence-corrected chi connectivity index (χ0v) is 21.1. The number of carbonyl (C=O) groups is 1. The summed E-state index contributed by atoms with van der Waals surface area (Å²) in [7, 11) is -3.90. The average molecular weight is 515 g/mol. The second kappa shape index (κ2) is 13.7. The van der Waals surface area contributed by atoms with Gasteiger partial charge in [0, 0.05) is 31.7 Å². The van der Waals surface area contributed by atoms with Gasteiger partial charge in [-0.3, -0.25) is 4.79 Å². The number of hydrogen-bond acceptors (Lipinski definition) is 5. The predicted molar refractivity (Wildman–Crippen MR) is 136 cm³/mol. The van der Waals surface area contributed by atoms with Gasteiger partial charge in [0.25, 0.3) is 0 Å². The molecular weight excluding hydrogens is 483 g/mol. The van der Waals surface area contributed by atoms with Gasteiger partial charge in [0.1, 0.15) is 11.6 Å². The highest BCUT2D eigenvalue weighted by atomic mass is 32.2. The van der Waals surface area contributed by atoms with Crippen molar-refractivity contribution < 1.29 is 26.8 Å². The first kappa shape index (κ1) is 27.3. The lowest BCUT2D eigenvalue weighted by Crippen LogP contribution is -2.42. The summed E-state index contributed by atoms with van der Waals surface area (Å²) in [5.41, 5.74) is 1.45. The summed E-state index contributed by atoms with van der Waals surface area (Å²) in [6, 6.07) is 18.4. The second-order valence-electron chi connectivity index (χ2n) is 8.10. The molecular formula is C27H31FN2O5S. The summed E-state index contributed by atoms with van der Waals surface area (Å²) in [6.07, 6.45) is 3.46. The van der Waals surface area contributed by atoms with E-state index in [0.29, 0.717) is 31.0 Å². The van der Waals surface area contributed by atoms with Crippen molar-refractivity contribution in [2.24, 2.45) is 0 Å². The van der Waals surface area contributed by atoms with Crippen LogP contribution in [-0.4, -0.2) is 49.8 Å². The number of nitrogens with zero attached hydrogens (tertiary/aromatic N) is 2. The van der Waals surface area contributed by atoms with Crippen LogP contribution in [0.4, 0.5) is 4.39 Å². The van der Waals surface area contributed by atoms with E-state index in [-0.39, 0.29) is 32.0 Å². The van der Waals surface area contributed by atoms with E-state index in [0.717, 1.165) is 15.3 Å². The first-order valence-corrected chi connectivity index (χ1v) is 13.2. The molecule has 7 nitrogen and oxygen atoms in total. The maximum atomic E-state index is 13.4. The number of halogens is 1. The van der Waals surface area contributed by atoms with Crippen molar-refractivity contribution in [3.8, 4) is 0 Å². The normalized spacial score (nSPS) is 11.9. The standard InChI is InChI=1S/C27H31FN2O5S/c1-2-34-17-7-16-30(36(32,33)19-15-23-8-4-3-5-9-23)22-27(31)29(21-26-10-6-18-35-26)20-24-11-13-25(28)14-12-24/h3-6,8-15,18-19H,2,7,16-17,20-22H2,1H3. The zero-order valence-electron chi connectivity index (χ0n) is 20.3. The number of hydrogen-bond donors (Lipinski definition) is 0. The van der Waals surface area contributed by atoms with Crippen LogP contribution in [0.2, 0.25) is 0 Å². The number of sulfonamides is 1. The van der Waals surface area contributed by atoms with Gasteiger partial charge >= 0.3 is 0 Å². The van der Waals surface area contributed by atoms with Crippen LogP contribution in [0.15, 0.2) is 82.8 Å². The van der Waals surface area contributed by atoms with Crippen molar-refractivity contribution in [2.45, 2.75) is 26.4 Å². The Kier molecular flexibility index (Phi) is 10.4. The van der Waals surface area contributed by atoms with Gasteiger partial charge in [-0.05, 0) is 54.8 Å². The summed E-state index contributed by atoms with van der Waals surface area (Å²) < 4.78 is 51.7. The fourth-order valence-corrected chi connectivity index (χ4v) is 4.66. The fourth-order valence-electron chi connectivity index (χ4n) is 3.48. The summed E-state index contributed by atoms with van der Waals surface area (Å²) >= 11 is 0. The highest BCUT2D eigenvalue weighted by molar-refractivity contribution is 7.92. The minimum Gasteiger partial charge on any atom is -0.467 e. The molecule has 0 radical (unpaired) electrons. The van der Waals surface area contributed by atoms with E-state index in [1.54, 1.807) is 36.4 Å². The number of carbonyl (C=O) groups excluding carboxylic acids is 1. The van der Waals surface area contributed by atoms with Gasteiger partial charge in [0.2, 0.25) is 15.9 Å². The molecule has 36 heavy (non-hydrogen) atoms. The number of rotatable bonds is 14. The molecule has 1 aromatic heterocycles. The third kappa shape index (κ3) is 8.75. The summed E-state index contributed by atoms with van der Waals surface area (Å²) in [5, 5.41) is 1.12. The van der Waals surface area contributed by atoms with Crippen molar-refractivity contribution in [2.75, 3.05) is 26.3 Å². The van der Waals surface area contributed by atoms with Crippen molar-refractivity contribution in [1.82, 2.24) is 9.21 Å². The lowest BCUT2D eigenvalue weighted by molar-refractivity contribution is -0.133. The fraction of sp³-hybridized carbons (Fsp3) is 0.296. The second-order valence-corrected chi connectivity index (χ2v) is 9.92. The smallest absolute Gasteiger partial charge is 0.238 e. The molecule has 0 spiro atoms. The van der Waals surface area contributed by atoms with Crippen molar-refractivity contribution in [3.05, 3.63) is 101 Å². The number of amides is 1. The Morgan fingerprint density at radius 3 is 2.44 bits per heavy atom. The molecule has 0 aliphatic heterocycles. The SMILES string of the molecule is CCOCCCN(CC(=O)N(Cc1ccc(F)cc1)Cc1ccco1)S(=O)(=O)C=Cc1ccccc1. The van der Waals surface area contributed by atoms with Gasteiger partial charge in [0.15, 0.2) is 0 Å². The van der Waals surface area contributed by atoms with Gasteiger partial charge in [-0.1, -0.05) is 42.5 Å². The summed E-state index contributed by atoms with van der Waals surface area (Å²) in [4.78, 5) is 14.9. The van der Waals surface area contributed by atoms with Crippen LogP contribution in [0.25, 0.3) is 6.08 Å². The van der Waals surface area contributed by atoms with Crippen molar-refractivity contribution >= 4 is 22.0 Å². The molecule has 9 heteroatoms. The summed E-state index contributed by atoms with van der Waals surface area (Å²) in [6.45, 7) is 2.86. The lowest BCUT2D eigenvalue weighted by atomic mass is 10.2. The van der Waals surface area contributed by atoms with Gasteiger partial charge in [-0.25, -0.2) is 12.8 Å². The molecule has 0 N–H and O–H groups in total. The number of ether oxygens (including phenoxy) is 1. The minimum absolute atomic E-state index is 0.123. The van der Waals surface area contributed by atoms with E-state index >= 15 is 0 Å². The van der Waals surface area contributed by atoms with Gasteiger partial charge < -0.3 is 14.1 Å². The molecule has 0 saturated heterocycles. The van der Waals surface area contributed by atoms with Gasteiger partial charge in [0.05, 0.1) is 19.4 Å². The Morgan fingerprint density at radius 1 is 1.03 bits per heavy atom. The first-order valence-electron chi connectivity index (χ1n) is 11.7. The van der Waals surface area contributed by atoms with E-state index in [1.807, 2.05) is 25.1 Å². The average Bonchev–Trinajstić information content (AvgIpc) is 3.39. The Labute approximate surface area is 211 Å². The topological polar surface area (TPSA) is 80.1 Å². The Bertz CT molecular complexity index is 1200. The van der Waals surface area contributed by atoms with Crippen molar-refractivity contribution in [1.29, 1.82) is 0 Å². The Morgan fingerprint density at radius 2 is 1.78 bits per heavy atom. The Balaban J connectivity index is 1.80. The number of benzene rings is 2. The van der Waals surface area contributed by atoms with E-state index in [1.165, 1.54) is 29.4 Å². The molecule has 2 aromatic carbocycles. The van der Waals surface area contributed by atoms with E-state index in [2.05, 4.69) is 0 Å². The molecule has 3 rings (SSSR count). The molecule has 0 aliphatic carbocycles. The quantitative estimate of drug-likeness (QED) is 0.292. The third-order valence-corrected chi connectivity index (χ3v) is 6.88.